The Morgan fingerprint density at radius 3 is 2.67 bits per heavy atom. The second kappa shape index (κ2) is 4.35. The summed E-state index contributed by atoms with van der Waals surface area (Å²) in [5.74, 6) is 0.637. The van der Waals surface area contributed by atoms with Crippen LogP contribution in [-0.4, -0.2) is 15.0 Å². The minimum Gasteiger partial charge on any atom is -0.345 e. The van der Waals surface area contributed by atoms with E-state index in [1.54, 1.807) is 29.8 Å². The van der Waals surface area contributed by atoms with Crippen LogP contribution in [0.3, 0.4) is 0 Å². The summed E-state index contributed by atoms with van der Waals surface area (Å²) >= 11 is 1.65. The number of rotatable bonds is 3. The van der Waals surface area contributed by atoms with Crippen LogP contribution in [0.5, 0.6) is 0 Å². The zero-order chi connectivity index (χ0) is 10.7. The molecule has 0 bridgehead atoms. The number of nitrogens with one attached hydrogen (secondary N) is 1. The molecule has 0 aromatic carbocycles. The zero-order valence-corrected chi connectivity index (χ0v) is 9.45. The summed E-state index contributed by atoms with van der Waals surface area (Å²) in [5.41, 5.74) is 1.05. The average Bonchev–Trinajstić information content (AvgIpc) is 2.66. The van der Waals surface area contributed by atoms with Crippen LogP contribution < -0.4 is 5.32 Å². The molecule has 0 fully saturated rings. The number of aryl methyl sites for hydroxylation is 1. The van der Waals surface area contributed by atoms with Crippen molar-refractivity contribution in [2.45, 2.75) is 19.9 Å². The predicted molar refractivity (Wildman–Crippen MR) is 60.9 cm³/mol. The van der Waals surface area contributed by atoms with E-state index in [4.69, 9.17) is 0 Å². The summed E-state index contributed by atoms with van der Waals surface area (Å²) in [7, 11) is 0. The van der Waals surface area contributed by atoms with Crippen LogP contribution in [0.4, 0.5) is 5.95 Å². The standard InChI is InChI=1S/C10H12N4S/c1-7-6-15-9(13-7)8(2)14-10-11-4-3-5-12-10/h3-6,8H,1-2H3,(H,11,12,14). The van der Waals surface area contributed by atoms with Gasteiger partial charge in [-0.1, -0.05) is 0 Å². The van der Waals surface area contributed by atoms with Crippen molar-refractivity contribution < 1.29 is 0 Å². The Balaban J connectivity index is 2.07. The van der Waals surface area contributed by atoms with Crippen molar-refractivity contribution >= 4 is 17.3 Å². The molecule has 0 aliphatic rings. The topological polar surface area (TPSA) is 50.7 Å². The van der Waals surface area contributed by atoms with E-state index in [1.807, 2.05) is 12.3 Å². The molecule has 0 amide bonds. The second-order valence-electron chi connectivity index (χ2n) is 3.27. The molecule has 1 atom stereocenters. The number of thiazole rings is 1. The number of hydrogen-bond donors (Lipinski definition) is 1. The highest BCUT2D eigenvalue weighted by molar-refractivity contribution is 7.09. The first-order valence-corrected chi connectivity index (χ1v) is 5.59. The van der Waals surface area contributed by atoms with Gasteiger partial charge < -0.3 is 5.32 Å². The van der Waals surface area contributed by atoms with Gasteiger partial charge in [-0.25, -0.2) is 15.0 Å². The fourth-order valence-corrected chi connectivity index (χ4v) is 2.00. The number of nitrogens with zero attached hydrogens (tertiary/aromatic N) is 3. The molecule has 0 radical (unpaired) electrons. The Morgan fingerprint density at radius 1 is 1.33 bits per heavy atom. The Labute approximate surface area is 92.4 Å². The van der Waals surface area contributed by atoms with E-state index < -0.39 is 0 Å². The average molecular weight is 220 g/mol. The van der Waals surface area contributed by atoms with Gasteiger partial charge in [-0.3, -0.25) is 0 Å². The van der Waals surface area contributed by atoms with Gasteiger partial charge in [-0.05, 0) is 19.9 Å². The summed E-state index contributed by atoms with van der Waals surface area (Å²) in [5, 5.41) is 6.29. The lowest BCUT2D eigenvalue weighted by molar-refractivity contribution is 0.843. The Hall–Kier alpha value is -1.49. The Bertz CT molecular complexity index is 426. The van der Waals surface area contributed by atoms with Crippen LogP contribution in [0.15, 0.2) is 23.8 Å². The Kier molecular flexibility index (Phi) is 2.91. The molecular formula is C10H12N4S. The lowest BCUT2D eigenvalue weighted by atomic mass is 10.3. The molecule has 2 aromatic heterocycles. The Morgan fingerprint density at radius 2 is 2.07 bits per heavy atom. The molecule has 0 aliphatic carbocycles. The van der Waals surface area contributed by atoms with Crippen molar-refractivity contribution in [3.8, 4) is 0 Å². The van der Waals surface area contributed by atoms with Crippen molar-refractivity contribution in [1.29, 1.82) is 0 Å². The van der Waals surface area contributed by atoms with Crippen LogP contribution in [0, 0.1) is 6.92 Å². The smallest absolute Gasteiger partial charge is 0.223 e. The maximum absolute atomic E-state index is 4.41. The first kappa shape index (κ1) is 10.0. The molecule has 2 rings (SSSR count). The maximum Gasteiger partial charge on any atom is 0.223 e. The molecule has 2 heterocycles. The third-order valence-corrected chi connectivity index (χ3v) is 3.06. The van der Waals surface area contributed by atoms with Gasteiger partial charge >= 0.3 is 0 Å². The quantitative estimate of drug-likeness (QED) is 0.863. The molecule has 0 aliphatic heterocycles. The van der Waals surface area contributed by atoms with Crippen molar-refractivity contribution in [2.24, 2.45) is 0 Å². The lowest BCUT2D eigenvalue weighted by Crippen LogP contribution is -2.08. The van der Waals surface area contributed by atoms with E-state index in [1.165, 1.54) is 0 Å². The van der Waals surface area contributed by atoms with Crippen molar-refractivity contribution in [1.82, 2.24) is 15.0 Å². The van der Waals surface area contributed by atoms with Gasteiger partial charge in [0.2, 0.25) is 5.95 Å². The number of anilines is 1. The van der Waals surface area contributed by atoms with Gasteiger partial charge in [0.15, 0.2) is 0 Å². The third-order valence-electron chi connectivity index (χ3n) is 1.92. The van der Waals surface area contributed by atoms with Crippen LogP contribution in [0.25, 0.3) is 0 Å². The van der Waals surface area contributed by atoms with Gasteiger partial charge in [0.1, 0.15) is 5.01 Å². The minimum atomic E-state index is 0.145. The molecule has 15 heavy (non-hydrogen) atoms. The summed E-state index contributed by atoms with van der Waals surface area (Å²) in [6, 6.07) is 1.94. The van der Waals surface area contributed by atoms with E-state index in [2.05, 4.69) is 27.2 Å². The highest BCUT2D eigenvalue weighted by atomic mass is 32.1. The lowest BCUT2D eigenvalue weighted by Gasteiger charge is -2.09. The van der Waals surface area contributed by atoms with Crippen LogP contribution in [-0.2, 0) is 0 Å². The molecule has 5 heteroatoms. The van der Waals surface area contributed by atoms with Crippen LogP contribution in [0.2, 0.25) is 0 Å². The fourth-order valence-electron chi connectivity index (χ4n) is 1.20. The number of hydrogen-bond acceptors (Lipinski definition) is 5. The van der Waals surface area contributed by atoms with Crippen molar-refractivity contribution in [2.75, 3.05) is 5.32 Å². The van der Waals surface area contributed by atoms with Gasteiger partial charge in [0.25, 0.3) is 0 Å². The van der Waals surface area contributed by atoms with E-state index in [0.29, 0.717) is 5.95 Å². The largest absolute Gasteiger partial charge is 0.345 e. The van der Waals surface area contributed by atoms with E-state index in [-0.39, 0.29) is 6.04 Å². The second-order valence-corrected chi connectivity index (χ2v) is 4.16. The summed E-state index contributed by atoms with van der Waals surface area (Å²) in [4.78, 5) is 12.6. The summed E-state index contributed by atoms with van der Waals surface area (Å²) in [6.07, 6.45) is 3.43. The van der Waals surface area contributed by atoms with Crippen LogP contribution in [0.1, 0.15) is 23.7 Å². The van der Waals surface area contributed by atoms with Crippen LogP contribution >= 0.6 is 11.3 Å². The third kappa shape index (κ3) is 2.50. The fraction of sp³-hybridized carbons (Fsp3) is 0.300. The maximum atomic E-state index is 4.41. The molecular weight excluding hydrogens is 208 g/mol. The summed E-state index contributed by atoms with van der Waals surface area (Å²) in [6.45, 7) is 4.04. The van der Waals surface area contributed by atoms with E-state index in [9.17, 15) is 0 Å². The molecule has 2 aromatic rings. The van der Waals surface area contributed by atoms with Gasteiger partial charge in [-0.15, -0.1) is 11.3 Å². The monoisotopic (exact) mass is 220 g/mol. The SMILES string of the molecule is Cc1csc(C(C)Nc2ncccn2)n1. The first-order valence-electron chi connectivity index (χ1n) is 4.71. The highest BCUT2D eigenvalue weighted by Crippen LogP contribution is 2.20. The minimum absolute atomic E-state index is 0.145. The molecule has 0 saturated heterocycles. The summed E-state index contributed by atoms with van der Waals surface area (Å²) < 4.78 is 0. The molecule has 78 valence electrons. The predicted octanol–water partition coefficient (Wildman–Crippen LogP) is 2.41. The first-order chi connectivity index (χ1) is 7.25. The zero-order valence-electron chi connectivity index (χ0n) is 8.64. The molecule has 0 spiro atoms. The highest BCUT2D eigenvalue weighted by Gasteiger charge is 2.09. The van der Waals surface area contributed by atoms with E-state index >= 15 is 0 Å². The van der Waals surface area contributed by atoms with Gasteiger partial charge in [0, 0.05) is 23.5 Å². The number of aromatic nitrogens is 3. The van der Waals surface area contributed by atoms with Crippen molar-refractivity contribution in [3.05, 3.63) is 34.5 Å². The van der Waals surface area contributed by atoms with E-state index in [0.717, 1.165) is 10.7 Å². The normalized spacial score (nSPS) is 12.4. The molecule has 4 nitrogen and oxygen atoms in total. The molecule has 0 saturated carbocycles. The van der Waals surface area contributed by atoms with Gasteiger partial charge in [0.05, 0.1) is 6.04 Å². The molecule has 1 unspecified atom stereocenters. The van der Waals surface area contributed by atoms with Crippen molar-refractivity contribution in [3.63, 3.8) is 0 Å². The molecule has 1 N–H and O–H groups in total. The van der Waals surface area contributed by atoms with Gasteiger partial charge in [-0.2, -0.15) is 0 Å².